The summed E-state index contributed by atoms with van der Waals surface area (Å²) in [5.74, 6) is 0. The number of hydrogen-bond donors (Lipinski definition) is 1. The molecular weight excluding hydrogens is 150 g/mol. The third-order valence-electron chi connectivity index (χ3n) is 2.49. The maximum atomic E-state index is 4.53. The summed E-state index contributed by atoms with van der Waals surface area (Å²) in [5, 5.41) is 7.77. The van der Waals surface area contributed by atoms with Crippen LogP contribution >= 0.6 is 0 Å². The van der Waals surface area contributed by atoms with Crippen molar-refractivity contribution in [3.8, 4) is 0 Å². The van der Waals surface area contributed by atoms with E-state index in [1.165, 1.54) is 11.3 Å². The van der Waals surface area contributed by atoms with Gasteiger partial charge in [0.2, 0.25) is 0 Å². The molecule has 0 bridgehead atoms. The standard InChI is InChI=1S/C9H15N3/c1-3-9-7(2)6-12(11-9)8-4-10-5-8/h6,8,10H,3-5H2,1-2H3. The smallest absolute Gasteiger partial charge is 0.0767 e. The molecule has 0 radical (unpaired) electrons. The van der Waals surface area contributed by atoms with Crippen molar-refractivity contribution >= 4 is 0 Å². The second kappa shape index (κ2) is 2.90. The minimum Gasteiger partial charge on any atom is -0.312 e. The number of nitrogens with one attached hydrogen (secondary N) is 1. The minimum absolute atomic E-state index is 0.601. The van der Waals surface area contributed by atoms with Gasteiger partial charge in [0.05, 0.1) is 11.7 Å². The molecule has 2 heterocycles. The molecule has 1 N–H and O–H groups in total. The summed E-state index contributed by atoms with van der Waals surface area (Å²) in [6.07, 6.45) is 3.20. The summed E-state index contributed by atoms with van der Waals surface area (Å²) in [7, 11) is 0. The normalized spacial score (nSPS) is 17.8. The van der Waals surface area contributed by atoms with E-state index in [1.54, 1.807) is 0 Å². The molecule has 3 nitrogen and oxygen atoms in total. The molecule has 1 aliphatic heterocycles. The van der Waals surface area contributed by atoms with Crippen molar-refractivity contribution in [1.82, 2.24) is 15.1 Å². The highest BCUT2D eigenvalue weighted by Gasteiger charge is 2.19. The Morgan fingerprint density at radius 2 is 2.42 bits per heavy atom. The van der Waals surface area contributed by atoms with E-state index in [2.05, 4.69) is 35.1 Å². The van der Waals surface area contributed by atoms with Crippen LogP contribution in [0.3, 0.4) is 0 Å². The van der Waals surface area contributed by atoms with Gasteiger partial charge in [-0.1, -0.05) is 6.92 Å². The van der Waals surface area contributed by atoms with E-state index in [-0.39, 0.29) is 0 Å². The molecule has 0 amide bonds. The SMILES string of the molecule is CCc1nn(C2CNC2)cc1C. The maximum absolute atomic E-state index is 4.53. The van der Waals surface area contributed by atoms with Crippen LogP contribution < -0.4 is 5.32 Å². The van der Waals surface area contributed by atoms with Gasteiger partial charge in [-0.25, -0.2) is 0 Å². The predicted molar refractivity (Wildman–Crippen MR) is 48.2 cm³/mol. The summed E-state index contributed by atoms with van der Waals surface area (Å²) >= 11 is 0. The second-order valence-electron chi connectivity index (χ2n) is 3.40. The van der Waals surface area contributed by atoms with E-state index in [9.17, 15) is 0 Å². The van der Waals surface area contributed by atoms with Crippen molar-refractivity contribution in [2.75, 3.05) is 13.1 Å². The lowest BCUT2D eigenvalue weighted by Crippen LogP contribution is -2.43. The van der Waals surface area contributed by atoms with Gasteiger partial charge in [0, 0.05) is 19.3 Å². The van der Waals surface area contributed by atoms with Gasteiger partial charge in [0.25, 0.3) is 0 Å². The molecule has 1 aliphatic rings. The van der Waals surface area contributed by atoms with Crippen LogP contribution in [0.15, 0.2) is 6.20 Å². The topological polar surface area (TPSA) is 29.9 Å². The van der Waals surface area contributed by atoms with Crippen LogP contribution in [0.4, 0.5) is 0 Å². The zero-order valence-corrected chi connectivity index (χ0v) is 7.67. The first kappa shape index (κ1) is 7.80. The highest BCUT2D eigenvalue weighted by molar-refractivity contribution is 5.15. The molecule has 12 heavy (non-hydrogen) atoms. The first-order valence-electron chi connectivity index (χ1n) is 4.56. The third kappa shape index (κ3) is 1.14. The van der Waals surface area contributed by atoms with Crippen LogP contribution in [0.2, 0.25) is 0 Å². The highest BCUT2D eigenvalue weighted by Crippen LogP contribution is 2.14. The lowest BCUT2D eigenvalue weighted by Gasteiger charge is -2.27. The lowest BCUT2D eigenvalue weighted by atomic mass is 10.2. The summed E-state index contributed by atoms with van der Waals surface area (Å²) < 4.78 is 2.10. The zero-order valence-electron chi connectivity index (χ0n) is 7.67. The van der Waals surface area contributed by atoms with E-state index < -0.39 is 0 Å². The quantitative estimate of drug-likeness (QED) is 0.705. The van der Waals surface area contributed by atoms with Gasteiger partial charge >= 0.3 is 0 Å². The van der Waals surface area contributed by atoms with E-state index in [1.807, 2.05) is 0 Å². The van der Waals surface area contributed by atoms with Crippen LogP contribution in [0, 0.1) is 6.92 Å². The average Bonchev–Trinajstić information content (AvgIpc) is 2.27. The number of hydrogen-bond acceptors (Lipinski definition) is 2. The van der Waals surface area contributed by atoms with Gasteiger partial charge in [0.15, 0.2) is 0 Å². The molecular formula is C9H15N3. The minimum atomic E-state index is 0.601. The van der Waals surface area contributed by atoms with E-state index in [0.717, 1.165) is 19.5 Å². The molecule has 1 saturated heterocycles. The molecule has 1 fully saturated rings. The van der Waals surface area contributed by atoms with E-state index >= 15 is 0 Å². The van der Waals surface area contributed by atoms with Gasteiger partial charge < -0.3 is 5.32 Å². The Labute approximate surface area is 72.8 Å². The van der Waals surface area contributed by atoms with Crippen LogP contribution in [-0.4, -0.2) is 22.9 Å². The molecule has 0 spiro atoms. The molecule has 1 aromatic heterocycles. The van der Waals surface area contributed by atoms with Crippen LogP contribution in [0.1, 0.15) is 24.2 Å². The van der Waals surface area contributed by atoms with Crippen molar-refractivity contribution < 1.29 is 0 Å². The van der Waals surface area contributed by atoms with Gasteiger partial charge in [0.1, 0.15) is 0 Å². The monoisotopic (exact) mass is 165 g/mol. The van der Waals surface area contributed by atoms with Gasteiger partial charge in [-0.05, 0) is 18.9 Å². The Kier molecular flexibility index (Phi) is 1.89. The molecule has 3 heteroatoms. The van der Waals surface area contributed by atoms with Crippen molar-refractivity contribution in [3.05, 3.63) is 17.5 Å². The van der Waals surface area contributed by atoms with Gasteiger partial charge in [-0.2, -0.15) is 5.10 Å². The third-order valence-corrected chi connectivity index (χ3v) is 2.49. The van der Waals surface area contributed by atoms with Crippen LogP contribution in [-0.2, 0) is 6.42 Å². The Bertz CT molecular complexity index is 273. The van der Waals surface area contributed by atoms with Crippen molar-refractivity contribution in [2.45, 2.75) is 26.3 Å². The lowest BCUT2D eigenvalue weighted by molar-refractivity contribution is 0.317. The van der Waals surface area contributed by atoms with Crippen molar-refractivity contribution in [3.63, 3.8) is 0 Å². The predicted octanol–water partition coefficient (Wildman–Crippen LogP) is 0.898. The Morgan fingerprint density at radius 3 is 2.83 bits per heavy atom. The molecule has 0 unspecified atom stereocenters. The number of rotatable bonds is 2. The molecule has 1 aromatic rings. The average molecular weight is 165 g/mol. The molecule has 2 rings (SSSR count). The van der Waals surface area contributed by atoms with Gasteiger partial charge in [-0.3, -0.25) is 4.68 Å². The van der Waals surface area contributed by atoms with E-state index in [0.29, 0.717) is 6.04 Å². The maximum Gasteiger partial charge on any atom is 0.0767 e. The summed E-state index contributed by atoms with van der Waals surface area (Å²) in [6.45, 7) is 6.43. The summed E-state index contributed by atoms with van der Waals surface area (Å²) in [4.78, 5) is 0. The molecule has 0 aliphatic carbocycles. The van der Waals surface area contributed by atoms with Gasteiger partial charge in [-0.15, -0.1) is 0 Å². The first-order valence-corrected chi connectivity index (χ1v) is 4.56. The molecule has 0 saturated carbocycles. The fraction of sp³-hybridized carbons (Fsp3) is 0.667. The number of aryl methyl sites for hydroxylation is 2. The highest BCUT2D eigenvalue weighted by atomic mass is 15.3. The van der Waals surface area contributed by atoms with Crippen molar-refractivity contribution in [1.29, 1.82) is 0 Å². The largest absolute Gasteiger partial charge is 0.312 e. The first-order chi connectivity index (χ1) is 5.81. The zero-order chi connectivity index (χ0) is 8.55. The number of nitrogens with zero attached hydrogens (tertiary/aromatic N) is 2. The Balaban J connectivity index is 2.21. The Morgan fingerprint density at radius 1 is 1.67 bits per heavy atom. The molecule has 0 aromatic carbocycles. The molecule has 66 valence electrons. The number of aromatic nitrogens is 2. The second-order valence-corrected chi connectivity index (χ2v) is 3.40. The van der Waals surface area contributed by atoms with Crippen LogP contribution in [0.5, 0.6) is 0 Å². The van der Waals surface area contributed by atoms with Crippen LogP contribution in [0.25, 0.3) is 0 Å². The Hall–Kier alpha value is -0.830. The fourth-order valence-electron chi connectivity index (χ4n) is 1.52. The summed E-state index contributed by atoms with van der Waals surface area (Å²) in [5.41, 5.74) is 2.56. The molecule has 0 atom stereocenters. The van der Waals surface area contributed by atoms with Crippen molar-refractivity contribution in [2.24, 2.45) is 0 Å². The summed E-state index contributed by atoms with van der Waals surface area (Å²) in [6, 6.07) is 0.601. The fourth-order valence-corrected chi connectivity index (χ4v) is 1.52. The van der Waals surface area contributed by atoms with E-state index in [4.69, 9.17) is 0 Å².